The highest BCUT2D eigenvalue weighted by atomic mass is 14.9. The van der Waals surface area contributed by atoms with Crippen molar-refractivity contribution in [2.24, 2.45) is 0 Å². The lowest BCUT2D eigenvalue weighted by Gasteiger charge is -2.17. The quantitative estimate of drug-likeness (QED) is 0.702. The number of hydrogen-bond donors (Lipinski definition) is 1. The van der Waals surface area contributed by atoms with Crippen molar-refractivity contribution < 1.29 is 0 Å². The predicted octanol–water partition coefficient (Wildman–Crippen LogP) is 3.41. The molecule has 17 heavy (non-hydrogen) atoms. The topological polar surface area (TPSA) is 37.8 Å². The molecule has 1 N–H and O–H groups in total. The number of rotatable bonds is 8. The predicted molar refractivity (Wildman–Crippen MR) is 71.9 cm³/mol. The first-order valence-electron chi connectivity index (χ1n) is 6.79. The van der Waals surface area contributed by atoms with Crippen molar-refractivity contribution in [2.45, 2.75) is 58.9 Å². The van der Waals surface area contributed by atoms with Gasteiger partial charge in [0.05, 0.1) is 23.6 Å². The zero-order valence-electron chi connectivity index (χ0n) is 11.4. The first-order chi connectivity index (χ1) is 8.27. The van der Waals surface area contributed by atoms with Crippen LogP contribution < -0.4 is 5.32 Å². The minimum atomic E-state index is 0.370. The molecule has 0 aromatic carbocycles. The second kappa shape index (κ2) is 8.18. The van der Waals surface area contributed by atoms with E-state index in [4.69, 9.17) is 0 Å². The maximum absolute atomic E-state index is 4.49. The van der Waals surface area contributed by atoms with Gasteiger partial charge in [0.25, 0.3) is 0 Å². The van der Waals surface area contributed by atoms with Gasteiger partial charge in [-0.2, -0.15) is 0 Å². The molecule has 3 nitrogen and oxygen atoms in total. The van der Waals surface area contributed by atoms with E-state index in [9.17, 15) is 0 Å². The van der Waals surface area contributed by atoms with E-state index in [2.05, 4.69) is 29.1 Å². The van der Waals surface area contributed by atoms with Crippen LogP contribution in [0.25, 0.3) is 0 Å². The number of unbranched alkanes of at least 4 members (excludes halogenated alkanes) is 2. The summed E-state index contributed by atoms with van der Waals surface area (Å²) in [5.74, 6) is 0. The summed E-state index contributed by atoms with van der Waals surface area (Å²) in [5.41, 5.74) is 2.07. The number of nitrogens with one attached hydrogen (secondary N) is 1. The highest BCUT2D eigenvalue weighted by molar-refractivity contribution is 5.05. The lowest BCUT2D eigenvalue weighted by Crippen LogP contribution is -2.23. The molecule has 0 aliphatic rings. The van der Waals surface area contributed by atoms with E-state index >= 15 is 0 Å². The number of aryl methyl sites for hydroxylation is 1. The van der Waals surface area contributed by atoms with Crippen molar-refractivity contribution in [1.29, 1.82) is 0 Å². The van der Waals surface area contributed by atoms with Gasteiger partial charge in [-0.15, -0.1) is 0 Å². The van der Waals surface area contributed by atoms with Crippen LogP contribution in [0.1, 0.15) is 63.4 Å². The van der Waals surface area contributed by atoms with Crippen molar-refractivity contribution >= 4 is 0 Å². The molecule has 0 saturated carbocycles. The maximum atomic E-state index is 4.49. The highest BCUT2D eigenvalue weighted by Crippen LogP contribution is 2.17. The summed E-state index contributed by atoms with van der Waals surface area (Å²) < 4.78 is 0. The average Bonchev–Trinajstić information content (AvgIpc) is 2.35. The van der Waals surface area contributed by atoms with Gasteiger partial charge >= 0.3 is 0 Å². The second-order valence-corrected chi connectivity index (χ2v) is 4.59. The van der Waals surface area contributed by atoms with Gasteiger partial charge < -0.3 is 5.32 Å². The molecule has 1 aromatic rings. The lowest BCUT2D eigenvalue weighted by atomic mass is 10.1. The minimum absolute atomic E-state index is 0.370. The summed E-state index contributed by atoms with van der Waals surface area (Å²) >= 11 is 0. The normalized spacial score (nSPS) is 12.6. The second-order valence-electron chi connectivity index (χ2n) is 4.59. The fourth-order valence-corrected chi connectivity index (χ4v) is 1.85. The first-order valence-corrected chi connectivity index (χ1v) is 6.79. The molecular formula is C14H25N3. The molecule has 1 rings (SSSR count). The molecule has 1 heterocycles. The Hall–Kier alpha value is -0.960. The van der Waals surface area contributed by atoms with Crippen LogP contribution in [-0.4, -0.2) is 16.5 Å². The largest absolute Gasteiger partial charge is 0.309 e. The Balaban J connectivity index is 2.57. The van der Waals surface area contributed by atoms with Gasteiger partial charge in [-0.25, -0.2) is 0 Å². The Morgan fingerprint density at radius 2 is 1.94 bits per heavy atom. The summed E-state index contributed by atoms with van der Waals surface area (Å²) in [6, 6.07) is 0.370. The molecular weight excluding hydrogens is 210 g/mol. The summed E-state index contributed by atoms with van der Waals surface area (Å²) in [4.78, 5) is 8.82. The summed E-state index contributed by atoms with van der Waals surface area (Å²) in [5, 5.41) is 3.56. The maximum Gasteiger partial charge on any atom is 0.0756 e. The Morgan fingerprint density at radius 3 is 2.53 bits per heavy atom. The van der Waals surface area contributed by atoms with E-state index in [-0.39, 0.29) is 0 Å². The molecule has 3 heteroatoms. The minimum Gasteiger partial charge on any atom is -0.309 e. The van der Waals surface area contributed by atoms with Crippen molar-refractivity contribution in [2.75, 3.05) is 6.54 Å². The summed E-state index contributed by atoms with van der Waals surface area (Å²) in [6.45, 7) is 7.45. The van der Waals surface area contributed by atoms with Gasteiger partial charge in [-0.05, 0) is 26.3 Å². The smallest absolute Gasteiger partial charge is 0.0756 e. The molecule has 0 radical (unpaired) electrons. The van der Waals surface area contributed by atoms with Crippen molar-refractivity contribution in [1.82, 2.24) is 15.3 Å². The number of aromatic nitrogens is 2. The van der Waals surface area contributed by atoms with Crippen molar-refractivity contribution in [3.63, 3.8) is 0 Å². The zero-order valence-corrected chi connectivity index (χ0v) is 11.4. The fourth-order valence-electron chi connectivity index (χ4n) is 1.85. The molecule has 0 fully saturated rings. The van der Waals surface area contributed by atoms with E-state index in [1.807, 2.05) is 19.3 Å². The van der Waals surface area contributed by atoms with Crippen LogP contribution in [0.5, 0.6) is 0 Å². The van der Waals surface area contributed by atoms with E-state index in [0.717, 1.165) is 30.8 Å². The summed E-state index contributed by atoms with van der Waals surface area (Å²) in [7, 11) is 0. The molecule has 0 saturated heterocycles. The van der Waals surface area contributed by atoms with Crippen molar-refractivity contribution in [3.05, 3.63) is 23.8 Å². The SMILES string of the molecule is CCCCCC(NCCC)c1cnc(C)cn1. The average molecular weight is 235 g/mol. The first kappa shape index (κ1) is 14.1. The van der Waals surface area contributed by atoms with Gasteiger partial charge in [-0.1, -0.05) is 33.1 Å². The highest BCUT2D eigenvalue weighted by Gasteiger charge is 2.11. The van der Waals surface area contributed by atoms with E-state index < -0.39 is 0 Å². The van der Waals surface area contributed by atoms with Gasteiger partial charge in [0.1, 0.15) is 0 Å². The Kier molecular flexibility index (Phi) is 6.78. The van der Waals surface area contributed by atoms with Gasteiger partial charge in [0.15, 0.2) is 0 Å². The van der Waals surface area contributed by atoms with Crippen LogP contribution in [-0.2, 0) is 0 Å². The molecule has 1 unspecified atom stereocenters. The van der Waals surface area contributed by atoms with Gasteiger partial charge in [-0.3, -0.25) is 9.97 Å². The number of hydrogen-bond acceptors (Lipinski definition) is 3. The van der Waals surface area contributed by atoms with Crippen LogP contribution in [0.15, 0.2) is 12.4 Å². The monoisotopic (exact) mass is 235 g/mol. The third-order valence-electron chi connectivity index (χ3n) is 2.90. The molecule has 0 amide bonds. The van der Waals surface area contributed by atoms with Gasteiger partial charge in [0, 0.05) is 6.20 Å². The molecule has 0 aliphatic carbocycles. The van der Waals surface area contributed by atoms with Gasteiger partial charge in [0.2, 0.25) is 0 Å². The van der Waals surface area contributed by atoms with Crippen LogP contribution in [0.3, 0.4) is 0 Å². The van der Waals surface area contributed by atoms with E-state index in [0.29, 0.717) is 6.04 Å². The van der Waals surface area contributed by atoms with E-state index in [1.54, 1.807) is 0 Å². The molecule has 1 atom stereocenters. The fraction of sp³-hybridized carbons (Fsp3) is 0.714. The molecule has 96 valence electrons. The standard InChI is InChI=1S/C14H25N3/c1-4-6-7-8-13(15-9-5-2)14-11-16-12(3)10-17-14/h10-11,13,15H,4-9H2,1-3H3. The van der Waals surface area contributed by atoms with Crippen LogP contribution >= 0.6 is 0 Å². The van der Waals surface area contributed by atoms with Crippen LogP contribution in [0.4, 0.5) is 0 Å². The zero-order chi connectivity index (χ0) is 12.5. The Labute approximate surface area is 105 Å². The third-order valence-corrected chi connectivity index (χ3v) is 2.90. The van der Waals surface area contributed by atoms with Crippen LogP contribution in [0.2, 0.25) is 0 Å². The molecule has 0 spiro atoms. The Morgan fingerprint density at radius 1 is 1.12 bits per heavy atom. The lowest BCUT2D eigenvalue weighted by molar-refractivity contribution is 0.464. The van der Waals surface area contributed by atoms with Crippen molar-refractivity contribution in [3.8, 4) is 0 Å². The third kappa shape index (κ3) is 5.26. The van der Waals surface area contributed by atoms with Crippen LogP contribution in [0, 0.1) is 6.92 Å². The Bertz CT molecular complexity index is 295. The molecule has 0 bridgehead atoms. The number of nitrogens with zero attached hydrogens (tertiary/aromatic N) is 2. The molecule has 0 aliphatic heterocycles. The van der Waals surface area contributed by atoms with E-state index in [1.165, 1.54) is 19.3 Å². The molecule has 1 aromatic heterocycles. The summed E-state index contributed by atoms with van der Waals surface area (Å²) in [6.07, 6.45) is 9.90.